The topological polar surface area (TPSA) is 158 Å². The van der Waals surface area contributed by atoms with Gasteiger partial charge in [0.25, 0.3) is 5.91 Å². The number of phenols is 1. The zero-order chi connectivity index (χ0) is 23.4. The minimum atomic E-state index is -2.57. The number of aryl methyl sites for hydroxylation is 1. The highest BCUT2D eigenvalue weighted by atomic mass is 19.1. The van der Waals surface area contributed by atoms with Crippen LogP contribution in [0.2, 0.25) is 0 Å². The molecule has 3 aliphatic carbocycles. The normalized spacial score (nSPS) is 27.2. The van der Waals surface area contributed by atoms with Crippen LogP contribution >= 0.6 is 0 Å². The molecule has 0 bridgehead atoms. The minimum Gasteiger partial charge on any atom is -0.508 e. The number of fused-ring (bicyclic) bond motifs is 3. The van der Waals surface area contributed by atoms with Crippen molar-refractivity contribution in [1.82, 2.24) is 0 Å². The summed E-state index contributed by atoms with van der Waals surface area (Å²) in [5.74, 6) is -6.38. The molecule has 32 heavy (non-hydrogen) atoms. The van der Waals surface area contributed by atoms with Gasteiger partial charge in [-0.15, -0.1) is 0 Å². The van der Waals surface area contributed by atoms with Crippen LogP contribution in [-0.2, 0) is 27.2 Å². The van der Waals surface area contributed by atoms with Crippen LogP contribution in [0.3, 0.4) is 0 Å². The first-order valence-corrected chi connectivity index (χ1v) is 10.5. The van der Waals surface area contributed by atoms with Gasteiger partial charge in [-0.1, -0.05) is 12.1 Å². The third kappa shape index (κ3) is 3.02. The fraction of sp³-hybridized carbons (Fsp3) is 0.435. The number of ketones is 2. The van der Waals surface area contributed by atoms with E-state index in [4.69, 9.17) is 5.73 Å². The number of aliphatic hydroxyl groups excluding tert-OH is 2. The molecular formula is C23H24FNO7. The monoisotopic (exact) mass is 445 g/mol. The number of hydrogen-bond acceptors (Lipinski definition) is 7. The molecule has 1 saturated carbocycles. The Morgan fingerprint density at radius 3 is 2.53 bits per heavy atom. The summed E-state index contributed by atoms with van der Waals surface area (Å²) in [6.45, 7) is -0.482. The molecule has 0 saturated heterocycles. The lowest BCUT2D eigenvalue weighted by molar-refractivity contribution is -0.147. The van der Waals surface area contributed by atoms with E-state index in [1.54, 1.807) is 12.1 Å². The molecule has 8 nitrogen and oxygen atoms in total. The lowest BCUT2D eigenvalue weighted by Crippen LogP contribution is -2.58. The molecule has 0 aliphatic heterocycles. The van der Waals surface area contributed by atoms with E-state index in [-0.39, 0.29) is 36.1 Å². The summed E-state index contributed by atoms with van der Waals surface area (Å²) < 4.78 is 12.4. The summed E-state index contributed by atoms with van der Waals surface area (Å²) in [6.07, 6.45) is 1.22. The highest BCUT2D eigenvalue weighted by molar-refractivity contribution is 6.22. The van der Waals surface area contributed by atoms with E-state index in [1.165, 1.54) is 0 Å². The van der Waals surface area contributed by atoms with Gasteiger partial charge in [-0.25, -0.2) is 0 Å². The van der Waals surface area contributed by atoms with Gasteiger partial charge in [0, 0.05) is 17.9 Å². The summed E-state index contributed by atoms with van der Waals surface area (Å²) in [5, 5.41) is 43.5. The number of aliphatic hydroxyl groups is 3. The molecule has 1 amide bonds. The third-order valence-corrected chi connectivity index (χ3v) is 6.85. The summed E-state index contributed by atoms with van der Waals surface area (Å²) in [7, 11) is 0. The van der Waals surface area contributed by atoms with Gasteiger partial charge in [0.2, 0.25) is 5.78 Å². The van der Waals surface area contributed by atoms with Gasteiger partial charge in [-0.3, -0.25) is 18.8 Å². The van der Waals surface area contributed by atoms with E-state index < -0.39 is 58.7 Å². The maximum absolute atomic E-state index is 13.4. The van der Waals surface area contributed by atoms with E-state index in [2.05, 4.69) is 0 Å². The Morgan fingerprint density at radius 2 is 1.88 bits per heavy atom. The SMILES string of the molecule is NC(=O)C1=C(O)[C@@]2(O)C(=O)C3=C(O)c4c(ccc(CCCCF)c4O)C[C@H]3C[C@H]2CC1=O. The molecule has 3 aliphatic rings. The van der Waals surface area contributed by atoms with Gasteiger partial charge in [0.05, 0.1) is 12.2 Å². The quantitative estimate of drug-likeness (QED) is 0.341. The maximum atomic E-state index is 13.4. The Hall–Kier alpha value is -3.20. The van der Waals surface area contributed by atoms with Crippen LogP contribution in [0.5, 0.6) is 5.75 Å². The highest BCUT2D eigenvalue weighted by Crippen LogP contribution is 2.52. The molecule has 170 valence electrons. The number of Topliss-reactive ketones (excluding diaryl/α,β-unsaturated/α-hetero) is 2. The Bertz CT molecular complexity index is 1110. The van der Waals surface area contributed by atoms with Gasteiger partial charge < -0.3 is 26.2 Å². The van der Waals surface area contributed by atoms with Crippen molar-refractivity contribution < 1.29 is 39.2 Å². The second kappa shape index (κ2) is 7.74. The smallest absolute Gasteiger partial charge is 0.255 e. The number of primary amides is 1. The first-order valence-electron chi connectivity index (χ1n) is 10.5. The number of halogens is 1. The molecule has 1 fully saturated rings. The van der Waals surface area contributed by atoms with Crippen molar-refractivity contribution in [2.24, 2.45) is 17.6 Å². The Labute approximate surface area is 182 Å². The largest absolute Gasteiger partial charge is 0.508 e. The van der Waals surface area contributed by atoms with Gasteiger partial charge in [0.1, 0.15) is 22.8 Å². The van der Waals surface area contributed by atoms with E-state index in [9.17, 15) is 39.2 Å². The Kier molecular flexibility index (Phi) is 5.32. The Morgan fingerprint density at radius 1 is 1.16 bits per heavy atom. The molecular weight excluding hydrogens is 421 g/mol. The third-order valence-electron chi connectivity index (χ3n) is 6.85. The first kappa shape index (κ1) is 22.0. The van der Waals surface area contributed by atoms with Crippen molar-refractivity contribution in [1.29, 1.82) is 0 Å². The van der Waals surface area contributed by atoms with Gasteiger partial charge in [-0.2, -0.15) is 0 Å². The maximum Gasteiger partial charge on any atom is 0.255 e. The molecule has 1 aromatic rings. The van der Waals surface area contributed by atoms with Crippen molar-refractivity contribution >= 4 is 23.2 Å². The first-order chi connectivity index (χ1) is 15.1. The second-order valence-corrected chi connectivity index (χ2v) is 8.66. The van der Waals surface area contributed by atoms with Gasteiger partial charge in [0.15, 0.2) is 11.4 Å². The van der Waals surface area contributed by atoms with Crippen LogP contribution in [0.15, 0.2) is 29.0 Å². The zero-order valence-corrected chi connectivity index (χ0v) is 17.2. The van der Waals surface area contributed by atoms with Crippen molar-refractivity contribution in [3.05, 3.63) is 45.7 Å². The predicted molar refractivity (Wildman–Crippen MR) is 110 cm³/mol. The molecule has 3 atom stereocenters. The number of amides is 1. The van der Waals surface area contributed by atoms with Crippen molar-refractivity contribution in [3.63, 3.8) is 0 Å². The number of nitrogens with two attached hydrogens (primary N) is 1. The lowest BCUT2D eigenvalue weighted by Gasteiger charge is -2.46. The fourth-order valence-corrected chi connectivity index (χ4v) is 5.25. The number of carbonyl (C=O) groups is 3. The molecule has 0 spiro atoms. The number of rotatable bonds is 5. The standard InChI is InChI=1S/C23H24FNO7/c24-6-2-1-3-10-4-5-11-7-12-8-13-9-14(26)17(22(25)31)21(30)23(13,32)20(29)16(12)19(28)15(11)18(10)27/h4-5,12-13,27-28,30,32H,1-3,6-9H2,(H2,25,31)/t12-,13-,23-/m0/s1. The van der Waals surface area contributed by atoms with Crippen LogP contribution in [0.25, 0.3) is 5.76 Å². The summed E-state index contributed by atoms with van der Waals surface area (Å²) in [6, 6.07) is 3.43. The summed E-state index contributed by atoms with van der Waals surface area (Å²) >= 11 is 0. The van der Waals surface area contributed by atoms with E-state index in [0.717, 1.165) is 0 Å². The molecule has 4 rings (SSSR count). The van der Waals surface area contributed by atoms with Crippen molar-refractivity contribution in [3.8, 4) is 5.75 Å². The minimum absolute atomic E-state index is 0.0647. The van der Waals surface area contributed by atoms with E-state index in [0.29, 0.717) is 30.4 Å². The number of benzene rings is 1. The number of carbonyl (C=O) groups excluding carboxylic acids is 3. The van der Waals surface area contributed by atoms with E-state index >= 15 is 0 Å². The second-order valence-electron chi connectivity index (χ2n) is 8.66. The predicted octanol–water partition coefficient (Wildman–Crippen LogP) is 1.72. The van der Waals surface area contributed by atoms with Crippen LogP contribution in [0.1, 0.15) is 42.4 Å². The number of alkyl halides is 1. The summed E-state index contributed by atoms with van der Waals surface area (Å²) in [4.78, 5) is 37.3. The number of unbranched alkanes of at least 4 members (excludes halogenated alkanes) is 1. The van der Waals surface area contributed by atoms with Gasteiger partial charge >= 0.3 is 0 Å². The number of phenolic OH excluding ortho intramolecular Hbond substituents is 1. The van der Waals surface area contributed by atoms with Crippen LogP contribution < -0.4 is 5.73 Å². The molecule has 1 aromatic carbocycles. The van der Waals surface area contributed by atoms with Crippen LogP contribution in [0.4, 0.5) is 4.39 Å². The molecule has 6 N–H and O–H groups in total. The van der Waals surface area contributed by atoms with Gasteiger partial charge in [-0.05, 0) is 49.1 Å². The number of hydrogen-bond donors (Lipinski definition) is 5. The highest BCUT2D eigenvalue weighted by Gasteiger charge is 2.60. The fourth-order valence-electron chi connectivity index (χ4n) is 5.25. The number of aromatic hydroxyl groups is 1. The summed E-state index contributed by atoms with van der Waals surface area (Å²) in [5.41, 5.74) is 2.77. The zero-order valence-electron chi connectivity index (χ0n) is 17.2. The van der Waals surface area contributed by atoms with Crippen molar-refractivity contribution in [2.75, 3.05) is 6.67 Å². The molecule has 0 unspecified atom stereocenters. The average Bonchev–Trinajstić information content (AvgIpc) is 2.72. The molecule has 0 heterocycles. The lowest BCUT2D eigenvalue weighted by atomic mass is 9.59. The van der Waals surface area contributed by atoms with Crippen molar-refractivity contribution in [2.45, 2.75) is 44.1 Å². The average molecular weight is 445 g/mol. The van der Waals surface area contributed by atoms with Crippen LogP contribution in [0, 0.1) is 11.8 Å². The van der Waals surface area contributed by atoms with E-state index in [1.807, 2.05) is 0 Å². The Balaban J connectivity index is 1.83. The molecule has 0 aromatic heterocycles. The molecule has 9 heteroatoms. The molecule has 0 radical (unpaired) electrons. The van der Waals surface area contributed by atoms with Crippen LogP contribution in [-0.4, -0.2) is 50.2 Å².